The first-order chi connectivity index (χ1) is 14.1. The minimum Gasteiger partial charge on any atom is -0.480 e. The Hall–Kier alpha value is -2.12. The molecule has 7 rings (SSSR count). The number of rotatable bonds is 2. The summed E-state index contributed by atoms with van der Waals surface area (Å²) < 4.78 is 6.90. The van der Waals surface area contributed by atoms with Gasteiger partial charge in [0.25, 0.3) is 0 Å². The summed E-state index contributed by atoms with van der Waals surface area (Å²) in [5.41, 5.74) is 4.02. The SMILES string of the molecule is COc1ncc(-c2nn(C(=O)N3CCN4CCC3CC4)c3c2C[C@@H]2C[C@H]32)cc1Cl. The van der Waals surface area contributed by atoms with E-state index >= 15 is 0 Å². The van der Waals surface area contributed by atoms with Crippen molar-refractivity contribution in [1.29, 1.82) is 0 Å². The van der Waals surface area contributed by atoms with Gasteiger partial charge in [-0.15, -0.1) is 0 Å². The van der Waals surface area contributed by atoms with Crippen LogP contribution in [0.1, 0.15) is 36.4 Å². The average Bonchev–Trinajstić information content (AvgIpc) is 3.38. The number of amides is 1. The fourth-order valence-electron chi connectivity index (χ4n) is 5.46. The predicted molar refractivity (Wildman–Crippen MR) is 109 cm³/mol. The zero-order valence-corrected chi connectivity index (χ0v) is 17.2. The van der Waals surface area contributed by atoms with Crippen LogP contribution in [0.2, 0.25) is 5.02 Å². The van der Waals surface area contributed by atoms with Crippen LogP contribution in [0.5, 0.6) is 5.88 Å². The number of piperidine rings is 1. The van der Waals surface area contributed by atoms with Gasteiger partial charge in [-0.05, 0) is 37.7 Å². The Kier molecular flexibility index (Phi) is 3.93. The van der Waals surface area contributed by atoms with Crippen molar-refractivity contribution in [3.8, 4) is 17.1 Å². The molecule has 3 saturated heterocycles. The van der Waals surface area contributed by atoms with Crippen molar-refractivity contribution in [2.24, 2.45) is 5.92 Å². The molecule has 0 spiro atoms. The van der Waals surface area contributed by atoms with Crippen LogP contribution in [0.15, 0.2) is 12.3 Å². The van der Waals surface area contributed by atoms with Crippen molar-refractivity contribution in [3.63, 3.8) is 0 Å². The van der Waals surface area contributed by atoms with Gasteiger partial charge in [-0.1, -0.05) is 11.6 Å². The van der Waals surface area contributed by atoms with Crippen LogP contribution >= 0.6 is 11.6 Å². The number of hydrogen-bond donors (Lipinski definition) is 0. The molecule has 0 aromatic carbocycles. The van der Waals surface area contributed by atoms with E-state index in [1.165, 1.54) is 12.0 Å². The number of methoxy groups -OCH3 is 1. The molecule has 0 N–H and O–H groups in total. The number of halogens is 1. The second kappa shape index (κ2) is 6.44. The van der Waals surface area contributed by atoms with Crippen molar-refractivity contribution in [2.75, 3.05) is 33.3 Å². The highest BCUT2D eigenvalue weighted by atomic mass is 35.5. The second-order valence-electron chi connectivity index (χ2n) is 8.69. The molecule has 5 heterocycles. The third-order valence-electron chi connectivity index (χ3n) is 7.12. The van der Waals surface area contributed by atoms with Gasteiger partial charge in [0, 0.05) is 55.5 Å². The summed E-state index contributed by atoms with van der Waals surface area (Å²) in [6, 6.07) is 2.22. The standard InChI is InChI=1S/C21H24ClN5O2/c1-29-20-17(22)10-13(11-23-20)18-16-9-12-8-15(12)19(16)27(24-18)21(28)26-7-6-25-4-2-14(26)3-5-25/h10-12,14-15H,2-9H2,1H3/t12-,15-/m0/s1. The van der Waals surface area contributed by atoms with E-state index in [9.17, 15) is 4.79 Å². The van der Waals surface area contributed by atoms with Crippen LogP contribution in [0.4, 0.5) is 4.79 Å². The number of fused-ring (bicyclic) bond motifs is 7. The Morgan fingerprint density at radius 2 is 2.07 bits per heavy atom. The number of carbonyl (C=O) groups is 1. The van der Waals surface area contributed by atoms with Crippen molar-refractivity contribution in [2.45, 2.75) is 37.6 Å². The molecular formula is C21H24ClN5O2. The van der Waals surface area contributed by atoms with Crippen LogP contribution in [0.3, 0.4) is 0 Å². The average molecular weight is 414 g/mol. The lowest BCUT2D eigenvalue weighted by molar-refractivity contribution is 0.168. The molecule has 3 aliphatic heterocycles. The first-order valence-electron chi connectivity index (χ1n) is 10.5. The highest BCUT2D eigenvalue weighted by Gasteiger charge is 2.50. The lowest BCUT2D eigenvalue weighted by Gasteiger charge is -2.31. The molecule has 2 aromatic heterocycles. The lowest BCUT2D eigenvalue weighted by Crippen LogP contribution is -2.44. The van der Waals surface area contributed by atoms with E-state index in [0.29, 0.717) is 28.8 Å². The third-order valence-corrected chi connectivity index (χ3v) is 7.39. The molecular weight excluding hydrogens is 390 g/mol. The molecule has 2 atom stereocenters. The van der Waals surface area contributed by atoms with Crippen LogP contribution in [-0.4, -0.2) is 69.9 Å². The fourth-order valence-corrected chi connectivity index (χ4v) is 5.70. The molecule has 1 amide bonds. The van der Waals surface area contributed by atoms with E-state index in [4.69, 9.17) is 21.4 Å². The van der Waals surface area contributed by atoms with Gasteiger partial charge in [0.15, 0.2) is 0 Å². The molecule has 2 bridgehead atoms. The first-order valence-corrected chi connectivity index (χ1v) is 10.9. The molecule has 2 aliphatic carbocycles. The molecule has 2 aromatic rings. The summed E-state index contributed by atoms with van der Waals surface area (Å²) in [7, 11) is 1.55. The van der Waals surface area contributed by atoms with Crippen LogP contribution in [0, 0.1) is 5.92 Å². The smallest absolute Gasteiger partial charge is 0.345 e. The maximum atomic E-state index is 13.6. The Labute approximate surface area is 174 Å². The van der Waals surface area contributed by atoms with Gasteiger partial charge in [0.1, 0.15) is 5.02 Å². The first kappa shape index (κ1) is 17.7. The molecule has 0 radical (unpaired) electrons. The Morgan fingerprint density at radius 3 is 2.83 bits per heavy atom. The Morgan fingerprint density at radius 1 is 1.24 bits per heavy atom. The van der Waals surface area contributed by atoms with Gasteiger partial charge in [-0.2, -0.15) is 9.78 Å². The quantitative estimate of drug-likeness (QED) is 0.757. The number of aromatic nitrogens is 3. The molecule has 1 saturated carbocycles. The fraction of sp³-hybridized carbons (Fsp3) is 0.571. The zero-order valence-electron chi connectivity index (χ0n) is 16.5. The number of ether oxygens (including phenoxy) is 1. The Balaban J connectivity index is 1.41. The van der Waals surface area contributed by atoms with Crippen LogP contribution < -0.4 is 4.74 Å². The van der Waals surface area contributed by atoms with Crippen molar-refractivity contribution < 1.29 is 9.53 Å². The van der Waals surface area contributed by atoms with Gasteiger partial charge in [-0.3, -0.25) is 0 Å². The number of nitrogens with zero attached hydrogens (tertiary/aromatic N) is 5. The molecule has 152 valence electrons. The van der Waals surface area contributed by atoms with Crippen molar-refractivity contribution in [1.82, 2.24) is 24.6 Å². The molecule has 7 nitrogen and oxygen atoms in total. The molecule has 5 aliphatic rings. The molecule has 0 unspecified atom stereocenters. The predicted octanol–water partition coefficient (Wildman–Crippen LogP) is 3.01. The molecule has 8 heteroatoms. The van der Waals surface area contributed by atoms with E-state index < -0.39 is 0 Å². The minimum absolute atomic E-state index is 0.0429. The maximum absolute atomic E-state index is 13.6. The van der Waals surface area contributed by atoms with E-state index in [2.05, 4.69) is 14.8 Å². The molecule has 29 heavy (non-hydrogen) atoms. The van der Waals surface area contributed by atoms with Gasteiger partial charge in [0.05, 0.1) is 18.5 Å². The molecule has 4 fully saturated rings. The van der Waals surface area contributed by atoms with E-state index in [-0.39, 0.29) is 6.03 Å². The van der Waals surface area contributed by atoms with Crippen LogP contribution in [-0.2, 0) is 6.42 Å². The summed E-state index contributed by atoms with van der Waals surface area (Å²) in [5.74, 6) is 1.54. The summed E-state index contributed by atoms with van der Waals surface area (Å²) in [4.78, 5) is 22.5. The van der Waals surface area contributed by atoms with Crippen molar-refractivity contribution >= 4 is 17.6 Å². The van der Waals surface area contributed by atoms with Crippen molar-refractivity contribution in [3.05, 3.63) is 28.5 Å². The number of pyridine rings is 1. The monoisotopic (exact) mass is 413 g/mol. The summed E-state index contributed by atoms with van der Waals surface area (Å²) in [5, 5.41) is 5.30. The summed E-state index contributed by atoms with van der Waals surface area (Å²) >= 11 is 6.32. The van der Waals surface area contributed by atoms with E-state index in [1.807, 2.05) is 6.07 Å². The highest BCUT2D eigenvalue weighted by Crippen LogP contribution is 2.58. The third kappa shape index (κ3) is 2.70. The topological polar surface area (TPSA) is 63.5 Å². The highest BCUT2D eigenvalue weighted by molar-refractivity contribution is 6.32. The minimum atomic E-state index is 0.0429. The van der Waals surface area contributed by atoms with E-state index in [0.717, 1.165) is 62.4 Å². The largest absolute Gasteiger partial charge is 0.480 e. The summed E-state index contributed by atoms with van der Waals surface area (Å²) in [6.07, 6.45) is 6.03. The number of hydrogen-bond acceptors (Lipinski definition) is 5. The van der Waals surface area contributed by atoms with Gasteiger partial charge in [0.2, 0.25) is 5.88 Å². The zero-order chi connectivity index (χ0) is 19.7. The van der Waals surface area contributed by atoms with Crippen LogP contribution in [0.25, 0.3) is 11.3 Å². The van der Waals surface area contributed by atoms with E-state index in [1.54, 1.807) is 18.0 Å². The van der Waals surface area contributed by atoms with Gasteiger partial charge < -0.3 is 14.5 Å². The second-order valence-corrected chi connectivity index (χ2v) is 9.10. The summed E-state index contributed by atoms with van der Waals surface area (Å²) in [6.45, 7) is 3.94. The maximum Gasteiger partial charge on any atom is 0.345 e. The number of carbonyl (C=O) groups excluding carboxylic acids is 1. The van der Waals surface area contributed by atoms with Gasteiger partial charge in [-0.25, -0.2) is 9.78 Å². The lowest BCUT2D eigenvalue weighted by atomic mass is 10.1. The Bertz CT molecular complexity index is 997. The van der Waals surface area contributed by atoms with Gasteiger partial charge >= 0.3 is 6.03 Å². The normalized spacial score (nSPS) is 29.4.